The number of aliphatic hydroxyl groups excluding tert-OH is 1. The van der Waals surface area contributed by atoms with Crippen LogP contribution in [0.3, 0.4) is 0 Å². The number of Topliss-reactive ketones (excluding diaryl/α,β-unsaturated/α-hetero) is 1. The van der Waals surface area contributed by atoms with Crippen molar-refractivity contribution in [2.24, 2.45) is 0 Å². The van der Waals surface area contributed by atoms with Gasteiger partial charge in [-0.25, -0.2) is 0 Å². The van der Waals surface area contributed by atoms with Crippen molar-refractivity contribution < 1.29 is 24.0 Å². The predicted octanol–water partition coefficient (Wildman–Crippen LogP) is 6.08. The van der Waals surface area contributed by atoms with Gasteiger partial charge in [-0.2, -0.15) is 0 Å². The smallest absolute Gasteiger partial charge is 0.296 e. The molecule has 0 aliphatic carbocycles. The second kappa shape index (κ2) is 10.4. The molecule has 0 spiro atoms. The Morgan fingerprint density at radius 2 is 1.92 bits per heavy atom. The maximum atomic E-state index is 13.4. The van der Waals surface area contributed by atoms with Gasteiger partial charge in [-0.1, -0.05) is 52.9 Å². The molecule has 10 nitrogen and oxygen atoms in total. The molecule has 5 rings (SSSR count). The first-order valence-corrected chi connectivity index (χ1v) is 13.2. The third-order valence-electron chi connectivity index (χ3n) is 5.75. The molecule has 2 aromatic carbocycles. The van der Waals surface area contributed by atoms with Crippen LogP contribution in [0.5, 0.6) is 0 Å². The molecule has 1 N–H and O–H groups in total. The number of carbonyl (C=O) groups excluding carboxylic acids is 2. The lowest BCUT2D eigenvalue weighted by Crippen LogP contribution is -2.31. The highest BCUT2D eigenvalue weighted by atomic mass is 35.5. The van der Waals surface area contributed by atoms with Gasteiger partial charge in [0.1, 0.15) is 5.76 Å². The van der Waals surface area contributed by atoms with E-state index in [1.54, 1.807) is 19.1 Å². The Hall–Kier alpha value is -4.00. The van der Waals surface area contributed by atoms with E-state index in [1.165, 1.54) is 42.1 Å². The van der Waals surface area contributed by atoms with E-state index in [9.17, 15) is 24.8 Å². The SMILES string of the molecule is Cc1ccc(C(=O)C2=C(O)C(=O)N(c3nnc(SCc4ccccc4Cl)s3)C2c2ccc([N+](=O)[O-])cc2)o1. The van der Waals surface area contributed by atoms with Crippen LogP contribution in [0.25, 0.3) is 0 Å². The zero-order valence-corrected chi connectivity index (χ0v) is 21.9. The quantitative estimate of drug-likeness (QED) is 0.0880. The number of nitro groups is 1. The molecule has 2 aromatic heterocycles. The largest absolute Gasteiger partial charge is 0.503 e. The molecule has 0 saturated heterocycles. The fraction of sp³-hybridized carbons (Fsp3) is 0.120. The highest BCUT2D eigenvalue weighted by Crippen LogP contribution is 2.44. The molecule has 13 heteroatoms. The number of hydrogen-bond donors (Lipinski definition) is 1. The number of halogens is 1. The van der Waals surface area contributed by atoms with Gasteiger partial charge in [0.05, 0.1) is 16.5 Å². The van der Waals surface area contributed by atoms with Gasteiger partial charge in [0.2, 0.25) is 10.9 Å². The molecule has 0 fully saturated rings. The number of carbonyl (C=O) groups is 2. The molecule has 3 heterocycles. The topological polar surface area (TPSA) is 140 Å². The molecule has 1 aliphatic heterocycles. The molecular formula is C25H17ClN4O6S2. The maximum Gasteiger partial charge on any atom is 0.296 e. The fourth-order valence-corrected chi connectivity index (χ4v) is 6.08. The lowest BCUT2D eigenvalue weighted by Gasteiger charge is -2.23. The molecule has 1 aliphatic rings. The van der Waals surface area contributed by atoms with Crippen LogP contribution in [0.15, 0.2) is 80.8 Å². The number of aliphatic hydroxyl groups is 1. The van der Waals surface area contributed by atoms with Crippen molar-refractivity contribution in [1.82, 2.24) is 10.2 Å². The first-order valence-electron chi connectivity index (χ1n) is 11.1. The number of amides is 1. The van der Waals surface area contributed by atoms with E-state index in [0.717, 1.165) is 21.8 Å². The molecule has 38 heavy (non-hydrogen) atoms. The van der Waals surface area contributed by atoms with Crippen LogP contribution in [-0.2, 0) is 10.5 Å². The van der Waals surface area contributed by atoms with Crippen molar-refractivity contribution in [1.29, 1.82) is 0 Å². The number of thioether (sulfide) groups is 1. The summed E-state index contributed by atoms with van der Waals surface area (Å²) in [6.07, 6.45) is 0. The van der Waals surface area contributed by atoms with Crippen LogP contribution >= 0.6 is 34.7 Å². The van der Waals surface area contributed by atoms with Gasteiger partial charge in [0, 0.05) is 22.9 Å². The number of furan rings is 1. The van der Waals surface area contributed by atoms with Crippen molar-refractivity contribution >= 4 is 57.2 Å². The lowest BCUT2D eigenvalue weighted by atomic mass is 9.95. The van der Waals surface area contributed by atoms with E-state index >= 15 is 0 Å². The number of rotatable bonds is 8. The third-order valence-corrected chi connectivity index (χ3v) is 8.22. The summed E-state index contributed by atoms with van der Waals surface area (Å²) in [6.45, 7) is 1.66. The third kappa shape index (κ3) is 4.80. The van der Waals surface area contributed by atoms with Gasteiger partial charge in [-0.05, 0) is 48.4 Å². The number of nitro benzene ring substituents is 1. The summed E-state index contributed by atoms with van der Waals surface area (Å²) in [5, 5.41) is 31.1. The molecule has 1 amide bonds. The Morgan fingerprint density at radius 1 is 1.18 bits per heavy atom. The Balaban J connectivity index is 1.51. The van der Waals surface area contributed by atoms with Crippen molar-refractivity contribution in [3.8, 4) is 0 Å². The van der Waals surface area contributed by atoms with E-state index < -0.39 is 28.4 Å². The monoisotopic (exact) mass is 568 g/mol. The first-order chi connectivity index (χ1) is 18.2. The summed E-state index contributed by atoms with van der Waals surface area (Å²) in [4.78, 5) is 38.5. The van der Waals surface area contributed by atoms with Crippen LogP contribution in [0.4, 0.5) is 10.8 Å². The van der Waals surface area contributed by atoms with Crippen molar-refractivity contribution in [2.45, 2.75) is 23.1 Å². The van der Waals surface area contributed by atoms with Crippen molar-refractivity contribution in [3.05, 3.63) is 110 Å². The minimum Gasteiger partial charge on any atom is -0.503 e. The standard InChI is InChI=1S/C25H17ClN4O6S2/c1-13-6-11-18(36-13)21(31)19-20(14-7-9-16(10-8-14)30(34)35)29(23(33)22(19)32)24-27-28-25(38-24)37-12-15-4-2-3-5-17(15)26/h2-11,20,32H,12H2,1H3. The van der Waals surface area contributed by atoms with Gasteiger partial charge in [-0.3, -0.25) is 24.6 Å². The van der Waals surface area contributed by atoms with Crippen LogP contribution in [0.1, 0.15) is 33.5 Å². The zero-order chi connectivity index (χ0) is 27.0. The minimum absolute atomic E-state index is 0.0566. The Labute approximate surface area is 228 Å². The molecule has 1 unspecified atom stereocenters. The Morgan fingerprint density at radius 3 is 2.58 bits per heavy atom. The maximum absolute atomic E-state index is 13.4. The molecule has 0 radical (unpaired) electrons. The number of anilines is 1. The molecule has 4 aromatic rings. The molecule has 1 atom stereocenters. The average molecular weight is 569 g/mol. The number of non-ortho nitro benzene ring substituents is 1. The van der Waals surface area contributed by atoms with Crippen LogP contribution in [0.2, 0.25) is 5.02 Å². The van der Waals surface area contributed by atoms with Crippen LogP contribution < -0.4 is 4.90 Å². The zero-order valence-electron chi connectivity index (χ0n) is 19.5. The number of aryl methyl sites for hydroxylation is 1. The number of nitrogens with zero attached hydrogens (tertiary/aromatic N) is 4. The molecule has 0 saturated carbocycles. The van der Waals surface area contributed by atoms with Crippen molar-refractivity contribution in [2.75, 3.05) is 4.90 Å². The van der Waals surface area contributed by atoms with Crippen molar-refractivity contribution in [3.63, 3.8) is 0 Å². The average Bonchev–Trinajstić information content (AvgIpc) is 3.62. The van der Waals surface area contributed by atoms with Crippen LogP contribution in [-0.4, -0.2) is 31.9 Å². The van der Waals surface area contributed by atoms with Gasteiger partial charge in [0.25, 0.3) is 11.6 Å². The molecule has 0 bridgehead atoms. The van der Waals surface area contributed by atoms with E-state index in [-0.39, 0.29) is 22.2 Å². The van der Waals surface area contributed by atoms with E-state index in [4.69, 9.17) is 16.0 Å². The van der Waals surface area contributed by atoms with Gasteiger partial charge in [-0.15, -0.1) is 10.2 Å². The molecule has 192 valence electrons. The fourth-order valence-electron chi connectivity index (χ4n) is 3.93. The van der Waals surface area contributed by atoms with Gasteiger partial charge < -0.3 is 9.52 Å². The Bertz CT molecular complexity index is 1600. The highest BCUT2D eigenvalue weighted by molar-refractivity contribution is 8.00. The summed E-state index contributed by atoms with van der Waals surface area (Å²) in [5.41, 5.74) is 0.873. The van der Waals surface area contributed by atoms with E-state index in [0.29, 0.717) is 26.4 Å². The lowest BCUT2D eigenvalue weighted by molar-refractivity contribution is -0.384. The second-order valence-corrected chi connectivity index (χ2v) is 10.7. The predicted molar refractivity (Wildman–Crippen MR) is 142 cm³/mol. The van der Waals surface area contributed by atoms with E-state index in [2.05, 4.69) is 10.2 Å². The summed E-state index contributed by atoms with van der Waals surface area (Å²) in [7, 11) is 0. The number of aromatic nitrogens is 2. The summed E-state index contributed by atoms with van der Waals surface area (Å²) >= 11 is 8.71. The van der Waals surface area contributed by atoms with Gasteiger partial charge in [0.15, 0.2) is 15.9 Å². The number of benzene rings is 2. The summed E-state index contributed by atoms with van der Waals surface area (Å²) in [6, 6.07) is 14.7. The second-order valence-electron chi connectivity index (χ2n) is 8.16. The Kier molecular flexibility index (Phi) is 7.02. The van der Waals surface area contributed by atoms with E-state index in [1.807, 2.05) is 18.2 Å². The number of hydrogen-bond acceptors (Lipinski definition) is 10. The minimum atomic E-state index is -1.12. The summed E-state index contributed by atoms with van der Waals surface area (Å²) in [5.74, 6) is -1.36. The molecular weight excluding hydrogens is 552 g/mol. The highest BCUT2D eigenvalue weighted by Gasteiger charge is 2.46. The number of ketones is 1. The van der Waals surface area contributed by atoms with Gasteiger partial charge >= 0.3 is 0 Å². The summed E-state index contributed by atoms with van der Waals surface area (Å²) < 4.78 is 5.99. The normalized spacial score (nSPS) is 15.4. The van der Waals surface area contributed by atoms with Crippen LogP contribution in [0, 0.1) is 17.0 Å². The first kappa shape index (κ1) is 25.6.